The fourth-order valence-corrected chi connectivity index (χ4v) is 6.41. The number of carbonyl (C=O) groups is 1. The summed E-state index contributed by atoms with van der Waals surface area (Å²) in [5.41, 5.74) is -0.203. The number of sulfonamides is 1. The number of methoxy groups -OCH3 is 1. The number of piperazine rings is 1. The molecule has 4 rings (SSSR count). The van der Waals surface area contributed by atoms with Crippen LogP contribution in [0.15, 0.2) is 53.4 Å². The topological polar surface area (TPSA) is 70.2 Å². The van der Waals surface area contributed by atoms with Crippen molar-refractivity contribution in [2.24, 2.45) is 5.92 Å². The van der Waals surface area contributed by atoms with Crippen LogP contribution in [0.3, 0.4) is 0 Å². The lowest BCUT2D eigenvalue weighted by atomic mass is 9.96. The number of benzene rings is 2. The summed E-state index contributed by atoms with van der Waals surface area (Å²) in [7, 11) is -2.71. The summed E-state index contributed by atoms with van der Waals surface area (Å²) in [5.74, 6) is 0.391. The molecule has 7 nitrogen and oxygen atoms in total. The average Bonchev–Trinajstić information content (AvgIpc) is 2.88. The van der Waals surface area contributed by atoms with Gasteiger partial charge < -0.3 is 14.5 Å². The number of alkyl halides is 3. The van der Waals surface area contributed by atoms with E-state index in [4.69, 9.17) is 4.74 Å². The number of carbonyl (C=O) groups excluding carboxylic acids is 1. The largest absolute Gasteiger partial charge is 0.495 e. The molecule has 11 heteroatoms. The van der Waals surface area contributed by atoms with Crippen LogP contribution in [0.25, 0.3) is 0 Å². The molecule has 0 radical (unpaired) electrons. The van der Waals surface area contributed by atoms with Crippen molar-refractivity contribution in [3.63, 3.8) is 0 Å². The Morgan fingerprint density at radius 1 is 0.914 bits per heavy atom. The van der Waals surface area contributed by atoms with Gasteiger partial charge in [-0.25, -0.2) is 8.42 Å². The number of hydrogen-bond acceptors (Lipinski definition) is 5. The van der Waals surface area contributed by atoms with Gasteiger partial charge in [0, 0.05) is 45.2 Å². The van der Waals surface area contributed by atoms with Crippen LogP contribution < -0.4 is 9.64 Å². The van der Waals surface area contributed by atoms with Crippen molar-refractivity contribution in [1.29, 1.82) is 0 Å². The van der Waals surface area contributed by atoms with E-state index in [9.17, 15) is 26.4 Å². The van der Waals surface area contributed by atoms with E-state index < -0.39 is 26.7 Å². The molecule has 1 amide bonds. The number of para-hydroxylation sites is 2. The summed E-state index contributed by atoms with van der Waals surface area (Å²) < 4.78 is 72.5. The molecule has 0 aromatic heterocycles. The molecule has 0 atom stereocenters. The Morgan fingerprint density at radius 2 is 1.51 bits per heavy atom. The number of amides is 1. The average molecular weight is 512 g/mol. The molecular weight excluding hydrogens is 483 g/mol. The standard InChI is InChI=1S/C24H28F3N3O4S/c1-34-21-8-4-3-7-20(21)28-14-16-29(17-15-28)23(31)18-10-12-30(13-11-18)35(32,33)22-9-5-2-6-19(22)24(25,26)27/h2-9,18H,10-17H2,1H3. The minimum absolute atomic E-state index is 0.00606. The number of rotatable bonds is 5. The molecule has 2 fully saturated rings. The first kappa shape index (κ1) is 25.3. The van der Waals surface area contributed by atoms with Gasteiger partial charge in [0.2, 0.25) is 15.9 Å². The van der Waals surface area contributed by atoms with E-state index in [-0.39, 0.29) is 37.8 Å². The van der Waals surface area contributed by atoms with Gasteiger partial charge in [0.15, 0.2) is 0 Å². The highest BCUT2D eigenvalue weighted by atomic mass is 32.2. The van der Waals surface area contributed by atoms with E-state index >= 15 is 0 Å². The number of ether oxygens (including phenoxy) is 1. The van der Waals surface area contributed by atoms with Crippen LogP contribution in [0.1, 0.15) is 18.4 Å². The lowest BCUT2D eigenvalue weighted by Crippen LogP contribution is -2.52. The van der Waals surface area contributed by atoms with Gasteiger partial charge >= 0.3 is 6.18 Å². The van der Waals surface area contributed by atoms with Gasteiger partial charge in [0.25, 0.3) is 0 Å². The van der Waals surface area contributed by atoms with E-state index in [2.05, 4.69) is 4.90 Å². The smallest absolute Gasteiger partial charge is 0.417 e. The second-order valence-corrected chi connectivity index (χ2v) is 10.6. The van der Waals surface area contributed by atoms with E-state index in [1.54, 1.807) is 12.0 Å². The lowest BCUT2D eigenvalue weighted by Gasteiger charge is -2.39. The maximum atomic E-state index is 13.4. The number of hydrogen-bond donors (Lipinski definition) is 0. The predicted octanol–water partition coefficient (Wildman–Crippen LogP) is 3.46. The molecule has 35 heavy (non-hydrogen) atoms. The number of anilines is 1. The molecule has 0 aliphatic carbocycles. The SMILES string of the molecule is COc1ccccc1N1CCN(C(=O)C2CCN(S(=O)(=O)c3ccccc3C(F)(F)F)CC2)CC1. The van der Waals surface area contributed by atoms with Gasteiger partial charge in [-0.15, -0.1) is 0 Å². The molecule has 2 aliphatic heterocycles. The summed E-state index contributed by atoms with van der Waals surface area (Å²) in [6, 6.07) is 11.9. The Hall–Kier alpha value is -2.79. The van der Waals surface area contributed by atoms with Gasteiger partial charge in [0.05, 0.1) is 23.3 Å². The van der Waals surface area contributed by atoms with Crippen LogP contribution in [0, 0.1) is 5.92 Å². The summed E-state index contributed by atoms with van der Waals surface area (Å²) in [6.07, 6.45) is -4.22. The molecule has 2 saturated heterocycles. The molecular formula is C24H28F3N3O4S. The second kappa shape index (κ2) is 10.1. The summed E-state index contributed by atoms with van der Waals surface area (Å²) >= 11 is 0. The minimum Gasteiger partial charge on any atom is -0.495 e. The summed E-state index contributed by atoms with van der Waals surface area (Å²) in [5, 5.41) is 0. The van der Waals surface area contributed by atoms with Crippen molar-refractivity contribution < 1.29 is 31.1 Å². The molecule has 2 aromatic carbocycles. The number of nitrogens with zero attached hydrogens (tertiary/aromatic N) is 3. The zero-order valence-corrected chi connectivity index (χ0v) is 20.2. The van der Waals surface area contributed by atoms with Crippen LogP contribution in [0.5, 0.6) is 5.75 Å². The zero-order chi connectivity index (χ0) is 25.2. The predicted molar refractivity (Wildman–Crippen MR) is 125 cm³/mol. The third-order valence-electron chi connectivity index (χ3n) is 6.63. The Morgan fingerprint density at radius 3 is 2.14 bits per heavy atom. The van der Waals surface area contributed by atoms with Crippen molar-refractivity contribution in [3.05, 3.63) is 54.1 Å². The number of halogens is 3. The molecule has 2 aromatic rings. The van der Waals surface area contributed by atoms with Crippen molar-refractivity contribution in [2.75, 3.05) is 51.3 Å². The summed E-state index contributed by atoms with van der Waals surface area (Å²) in [6.45, 7) is 2.38. The first-order chi connectivity index (χ1) is 16.6. The van der Waals surface area contributed by atoms with E-state index in [0.29, 0.717) is 26.2 Å². The molecule has 190 valence electrons. The van der Waals surface area contributed by atoms with E-state index in [0.717, 1.165) is 27.9 Å². The van der Waals surface area contributed by atoms with Gasteiger partial charge in [-0.2, -0.15) is 17.5 Å². The number of piperidine rings is 1. The van der Waals surface area contributed by atoms with Crippen molar-refractivity contribution in [2.45, 2.75) is 23.9 Å². The Bertz CT molecular complexity index is 1160. The maximum absolute atomic E-state index is 13.4. The maximum Gasteiger partial charge on any atom is 0.417 e. The molecule has 2 aliphatic rings. The van der Waals surface area contributed by atoms with Gasteiger partial charge in [-0.05, 0) is 37.1 Å². The van der Waals surface area contributed by atoms with Crippen molar-refractivity contribution in [1.82, 2.24) is 9.21 Å². The van der Waals surface area contributed by atoms with Crippen LogP contribution in [-0.2, 0) is 21.0 Å². The van der Waals surface area contributed by atoms with Crippen LogP contribution in [-0.4, -0.2) is 69.9 Å². The molecule has 0 saturated carbocycles. The van der Waals surface area contributed by atoms with Crippen LogP contribution in [0.4, 0.5) is 18.9 Å². The quantitative estimate of drug-likeness (QED) is 0.615. The van der Waals surface area contributed by atoms with Crippen molar-refractivity contribution in [3.8, 4) is 5.75 Å². The highest BCUT2D eigenvalue weighted by Crippen LogP contribution is 2.36. The van der Waals surface area contributed by atoms with E-state index in [1.165, 1.54) is 12.1 Å². The Kier molecular flexibility index (Phi) is 7.27. The minimum atomic E-state index is -4.77. The van der Waals surface area contributed by atoms with Gasteiger partial charge in [-0.1, -0.05) is 24.3 Å². The highest BCUT2D eigenvalue weighted by Gasteiger charge is 2.40. The first-order valence-corrected chi connectivity index (χ1v) is 12.9. The van der Waals surface area contributed by atoms with Crippen LogP contribution >= 0.6 is 0 Å². The molecule has 0 spiro atoms. The van der Waals surface area contributed by atoms with Gasteiger partial charge in [0.1, 0.15) is 5.75 Å². The molecule has 0 N–H and O–H groups in total. The zero-order valence-electron chi connectivity index (χ0n) is 19.4. The lowest BCUT2D eigenvalue weighted by molar-refractivity contribution is -0.140. The fraction of sp³-hybridized carbons (Fsp3) is 0.458. The Balaban J connectivity index is 1.36. The normalized spacial score (nSPS) is 18.5. The van der Waals surface area contributed by atoms with Crippen LogP contribution in [0.2, 0.25) is 0 Å². The first-order valence-electron chi connectivity index (χ1n) is 11.5. The monoisotopic (exact) mass is 511 g/mol. The van der Waals surface area contributed by atoms with Crippen molar-refractivity contribution >= 4 is 21.6 Å². The highest BCUT2D eigenvalue weighted by molar-refractivity contribution is 7.89. The van der Waals surface area contributed by atoms with Gasteiger partial charge in [-0.3, -0.25) is 4.79 Å². The summed E-state index contributed by atoms with van der Waals surface area (Å²) in [4.78, 5) is 16.3. The fourth-order valence-electron chi connectivity index (χ4n) is 4.72. The Labute approximate surface area is 203 Å². The van der Waals surface area contributed by atoms with E-state index in [1.807, 2.05) is 24.3 Å². The third-order valence-corrected chi connectivity index (χ3v) is 8.59. The molecule has 0 bridgehead atoms. The third kappa shape index (κ3) is 5.25. The second-order valence-electron chi connectivity index (χ2n) is 8.66. The molecule has 0 unspecified atom stereocenters. The molecule has 2 heterocycles.